The number of nitrogens with zero attached hydrogens (tertiary/aromatic N) is 1. The van der Waals surface area contributed by atoms with Gasteiger partial charge in [0.15, 0.2) is 6.61 Å². The van der Waals surface area contributed by atoms with E-state index in [2.05, 4.69) is 17.6 Å². The molecule has 0 saturated heterocycles. The maximum atomic E-state index is 13.2. The van der Waals surface area contributed by atoms with Crippen molar-refractivity contribution in [3.8, 4) is 0 Å². The quantitative estimate of drug-likeness (QED) is 0.571. The standard InChI is InChI=1S/C26H31N3O6S/c1-18-7-2-4-10-22(18)27-26(32)28-24(30)17-35-25(31)20-12-14-21(15-13-20)36(33,34)29-16-6-9-19-8-3-5-11-23(19)29/h3,5,8,11-15,18,22H,2,4,6-7,9-10,16-17H2,1H3,(H2,27,28,30,32)/t18-,22-/m0/s1. The molecule has 1 aliphatic carbocycles. The molecule has 4 rings (SSSR count). The molecule has 2 atom stereocenters. The minimum absolute atomic E-state index is 0.0160. The van der Waals surface area contributed by atoms with Gasteiger partial charge in [0.05, 0.1) is 16.1 Å². The normalized spacial score (nSPS) is 19.6. The molecule has 1 saturated carbocycles. The van der Waals surface area contributed by atoms with Crippen molar-refractivity contribution in [3.05, 3.63) is 59.7 Å². The van der Waals surface area contributed by atoms with Gasteiger partial charge in [0.1, 0.15) is 0 Å². The highest BCUT2D eigenvalue weighted by atomic mass is 32.2. The number of para-hydroxylation sites is 1. The van der Waals surface area contributed by atoms with Crippen LogP contribution in [0.1, 0.15) is 54.9 Å². The summed E-state index contributed by atoms with van der Waals surface area (Å²) in [6, 6.07) is 12.2. The zero-order valence-corrected chi connectivity index (χ0v) is 21.1. The first-order valence-corrected chi connectivity index (χ1v) is 13.7. The number of hydrogen-bond acceptors (Lipinski definition) is 6. The zero-order valence-electron chi connectivity index (χ0n) is 20.2. The maximum absolute atomic E-state index is 13.2. The number of urea groups is 1. The summed E-state index contributed by atoms with van der Waals surface area (Å²) in [5.74, 6) is -1.19. The van der Waals surface area contributed by atoms with Crippen molar-refractivity contribution >= 4 is 33.6 Å². The lowest BCUT2D eigenvalue weighted by Crippen LogP contribution is -2.48. The molecule has 1 fully saturated rings. The second-order valence-corrected chi connectivity index (χ2v) is 11.2. The Balaban J connectivity index is 1.31. The number of sulfonamides is 1. The molecule has 2 N–H and O–H groups in total. The summed E-state index contributed by atoms with van der Waals surface area (Å²) >= 11 is 0. The summed E-state index contributed by atoms with van der Waals surface area (Å²) in [4.78, 5) is 36.5. The minimum atomic E-state index is -3.80. The predicted octanol–water partition coefficient (Wildman–Crippen LogP) is 3.39. The summed E-state index contributed by atoms with van der Waals surface area (Å²) in [6.07, 6.45) is 5.61. The molecule has 36 heavy (non-hydrogen) atoms. The minimum Gasteiger partial charge on any atom is -0.452 e. The van der Waals surface area contributed by atoms with Crippen LogP contribution in [-0.2, 0) is 26.0 Å². The highest BCUT2D eigenvalue weighted by molar-refractivity contribution is 7.92. The van der Waals surface area contributed by atoms with Crippen molar-refractivity contribution in [2.75, 3.05) is 17.5 Å². The molecular weight excluding hydrogens is 482 g/mol. The topological polar surface area (TPSA) is 122 Å². The Morgan fingerprint density at radius 3 is 2.47 bits per heavy atom. The first-order chi connectivity index (χ1) is 17.3. The molecule has 1 heterocycles. The number of benzene rings is 2. The van der Waals surface area contributed by atoms with Gasteiger partial charge in [-0.2, -0.15) is 0 Å². The molecule has 0 bridgehead atoms. The van der Waals surface area contributed by atoms with E-state index in [1.165, 1.54) is 28.6 Å². The van der Waals surface area contributed by atoms with Crippen LogP contribution in [-0.4, -0.2) is 45.5 Å². The third-order valence-electron chi connectivity index (χ3n) is 6.76. The number of aryl methyl sites for hydroxylation is 1. The number of rotatable bonds is 6. The molecule has 1 aliphatic heterocycles. The maximum Gasteiger partial charge on any atom is 0.338 e. The highest BCUT2D eigenvalue weighted by Gasteiger charge is 2.29. The van der Waals surface area contributed by atoms with Crippen LogP contribution in [0.25, 0.3) is 0 Å². The Labute approximate surface area is 211 Å². The fourth-order valence-corrected chi connectivity index (χ4v) is 6.29. The molecule has 0 radical (unpaired) electrons. The molecule has 2 aliphatic rings. The van der Waals surface area contributed by atoms with Gasteiger partial charge in [-0.25, -0.2) is 18.0 Å². The van der Waals surface area contributed by atoms with Gasteiger partial charge in [-0.15, -0.1) is 0 Å². The van der Waals surface area contributed by atoms with Crippen LogP contribution in [0.3, 0.4) is 0 Å². The Kier molecular flexibility index (Phi) is 7.93. The lowest BCUT2D eigenvalue weighted by atomic mass is 9.86. The van der Waals surface area contributed by atoms with Crippen LogP contribution < -0.4 is 14.9 Å². The van der Waals surface area contributed by atoms with Crippen molar-refractivity contribution in [2.24, 2.45) is 5.92 Å². The van der Waals surface area contributed by atoms with Gasteiger partial charge in [0, 0.05) is 12.6 Å². The molecule has 10 heteroatoms. The summed E-state index contributed by atoms with van der Waals surface area (Å²) in [5, 5.41) is 4.98. The largest absolute Gasteiger partial charge is 0.452 e. The number of amides is 3. The smallest absolute Gasteiger partial charge is 0.338 e. The molecule has 2 aromatic rings. The lowest BCUT2D eigenvalue weighted by molar-refractivity contribution is -0.123. The zero-order chi connectivity index (χ0) is 25.7. The van der Waals surface area contributed by atoms with Crippen molar-refractivity contribution in [1.29, 1.82) is 0 Å². The Hall–Kier alpha value is -3.40. The van der Waals surface area contributed by atoms with E-state index in [1.54, 1.807) is 6.07 Å². The predicted molar refractivity (Wildman–Crippen MR) is 134 cm³/mol. The molecule has 0 spiro atoms. The van der Waals surface area contributed by atoms with Crippen molar-refractivity contribution in [1.82, 2.24) is 10.6 Å². The van der Waals surface area contributed by atoms with Gasteiger partial charge >= 0.3 is 12.0 Å². The number of carbonyl (C=O) groups excluding carboxylic acids is 3. The van der Waals surface area contributed by atoms with Crippen LogP contribution >= 0.6 is 0 Å². The van der Waals surface area contributed by atoms with Crippen LogP contribution in [0, 0.1) is 5.92 Å². The number of esters is 1. The van der Waals surface area contributed by atoms with E-state index in [1.807, 2.05) is 18.2 Å². The Bertz CT molecular complexity index is 1230. The summed E-state index contributed by atoms with van der Waals surface area (Å²) < 4.78 is 32.9. The fraction of sp³-hybridized carbons (Fsp3) is 0.423. The average molecular weight is 514 g/mol. The molecule has 0 unspecified atom stereocenters. The number of nitrogens with one attached hydrogen (secondary N) is 2. The first-order valence-electron chi connectivity index (χ1n) is 12.2. The van der Waals surface area contributed by atoms with Crippen LogP contribution in [0.4, 0.5) is 10.5 Å². The Morgan fingerprint density at radius 2 is 1.72 bits per heavy atom. The van der Waals surface area contributed by atoms with Crippen molar-refractivity contribution < 1.29 is 27.5 Å². The number of ether oxygens (including phenoxy) is 1. The second-order valence-electron chi connectivity index (χ2n) is 9.30. The third-order valence-corrected chi connectivity index (χ3v) is 8.59. The van der Waals surface area contributed by atoms with E-state index in [0.717, 1.165) is 44.1 Å². The monoisotopic (exact) mass is 513 g/mol. The van der Waals surface area contributed by atoms with Crippen molar-refractivity contribution in [2.45, 2.75) is 56.4 Å². The molecular formula is C26H31N3O6S. The van der Waals surface area contributed by atoms with Crippen LogP contribution in [0.2, 0.25) is 0 Å². The molecule has 2 aromatic carbocycles. The van der Waals surface area contributed by atoms with E-state index in [0.29, 0.717) is 18.2 Å². The molecule has 192 valence electrons. The van der Waals surface area contributed by atoms with Gasteiger partial charge in [-0.1, -0.05) is 38.0 Å². The summed E-state index contributed by atoms with van der Waals surface area (Å²) in [5.41, 5.74) is 1.74. The van der Waals surface area contributed by atoms with E-state index >= 15 is 0 Å². The first kappa shape index (κ1) is 25.7. The number of imide groups is 1. The van der Waals surface area contributed by atoms with E-state index in [4.69, 9.17) is 4.74 Å². The molecule has 0 aromatic heterocycles. The molecule has 9 nitrogen and oxygen atoms in total. The second kappa shape index (κ2) is 11.1. The summed E-state index contributed by atoms with van der Waals surface area (Å²) in [7, 11) is -3.80. The van der Waals surface area contributed by atoms with E-state index < -0.39 is 34.5 Å². The number of fused-ring (bicyclic) bond motifs is 1. The van der Waals surface area contributed by atoms with E-state index in [-0.39, 0.29) is 16.5 Å². The van der Waals surface area contributed by atoms with Gasteiger partial charge < -0.3 is 10.1 Å². The third kappa shape index (κ3) is 5.87. The van der Waals surface area contributed by atoms with Gasteiger partial charge in [-0.3, -0.25) is 14.4 Å². The lowest BCUT2D eigenvalue weighted by Gasteiger charge is -2.30. The Morgan fingerprint density at radius 1 is 1.00 bits per heavy atom. The summed E-state index contributed by atoms with van der Waals surface area (Å²) in [6.45, 7) is 1.82. The number of anilines is 1. The van der Waals surface area contributed by atoms with Crippen LogP contribution in [0.15, 0.2) is 53.4 Å². The SMILES string of the molecule is C[C@H]1CCCC[C@@H]1NC(=O)NC(=O)COC(=O)c1ccc(S(=O)(=O)N2CCCc3ccccc32)cc1. The fourth-order valence-electron chi connectivity index (χ4n) is 4.75. The van der Waals surface area contributed by atoms with Crippen molar-refractivity contribution in [3.63, 3.8) is 0 Å². The van der Waals surface area contributed by atoms with Gasteiger partial charge in [0.25, 0.3) is 15.9 Å². The number of hydrogen-bond donors (Lipinski definition) is 2. The van der Waals surface area contributed by atoms with Crippen LogP contribution in [0.5, 0.6) is 0 Å². The highest BCUT2D eigenvalue weighted by Crippen LogP contribution is 2.31. The molecule has 3 amide bonds. The van der Waals surface area contributed by atoms with Gasteiger partial charge in [0.2, 0.25) is 0 Å². The van der Waals surface area contributed by atoms with Gasteiger partial charge in [-0.05, 0) is 67.5 Å². The average Bonchev–Trinajstić information content (AvgIpc) is 2.88. The number of carbonyl (C=O) groups is 3. The van der Waals surface area contributed by atoms with E-state index in [9.17, 15) is 22.8 Å².